The molecule has 0 bridgehead atoms. The number of rotatable bonds is 3. The van der Waals surface area contributed by atoms with E-state index in [0.717, 1.165) is 49.6 Å². The highest BCUT2D eigenvalue weighted by Crippen LogP contribution is 2.13. The van der Waals surface area contributed by atoms with Crippen LogP contribution in [0.1, 0.15) is 5.82 Å². The van der Waals surface area contributed by atoms with Gasteiger partial charge in [0.05, 0.1) is 17.6 Å². The number of benzene rings is 1. The van der Waals surface area contributed by atoms with E-state index in [4.69, 9.17) is 0 Å². The van der Waals surface area contributed by atoms with Gasteiger partial charge in [-0.15, -0.1) is 0 Å². The highest BCUT2D eigenvalue weighted by Gasteiger charge is 2.20. The van der Waals surface area contributed by atoms with E-state index in [-0.39, 0.29) is 5.91 Å². The third-order valence-electron chi connectivity index (χ3n) is 3.67. The third kappa shape index (κ3) is 2.58. The first-order valence-electron chi connectivity index (χ1n) is 6.83. The van der Waals surface area contributed by atoms with E-state index in [2.05, 4.69) is 21.4 Å². The molecule has 1 aromatic heterocycles. The van der Waals surface area contributed by atoms with Crippen molar-refractivity contribution in [1.29, 1.82) is 0 Å². The average Bonchev–Trinajstić information content (AvgIpc) is 2.89. The predicted molar refractivity (Wildman–Crippen MR) is 78.1 cm³/mol. The van der Waals surface area contributed by atoms with Crippen LogP contribution in [0.2, 0.25) is 0 Å². The maximum absolute atomic E-state index is 11.5. The van der Waals surface area contributed by atoms with Gasteiger partial charge in [-0.3, -0.25) is 9.69 Å². The summed E-state index contributed by atoms with van der Waals surface area (Å²) in [4.78, 5) is 23.6. The largest absolute Gasteiger partial charge is 0.341 e. The van der Waals surface area contributed by atoms with Gasteiger partial charge in [-0.05, 0) is 18.2 Å². The van der Waals surface area contributed by atoms with Crippen molar-refractivity contribution in [2.75, 3.05) is 26.2 Å². The van der Waals surface area contributed by atoms with E-state index in [1.807, 2.05) is 29.2 Å². The van der Waals surface area contributed by atoms with Crippen molar-refractivity contribution in [2.24, 2.45) is 0 Å². The van der Waals surface area contributed by atoms with Gasteiger partial charge in [0.2, 0.25) is 5.91 Å². The first-order chi connectivity index (χ1) is 9.76. The van der Waals surface area contributed by atoms with Gasteiger partial charge in [-0.2, -0.15) is 0 Å². The summed E-state index contributed by atoms with van der Waals surface area (Å²) >= 11 is 0. The maximum Gasteiger partial charge on any atom is 0.246 e. The predicted octanol–water partition coefficient (Wildman–Crippen LogP) is 1.39. The summed E-state index contributed by atoms with van der Waals surface area (Å²) < 4.78 is 0. The van der Waals surface area contributed by atoms with Crippen molar-refractivity contribution in [3.8, 4) is 0 Å². The SMILES string of the molecule is C=CC(=O)N1CCN(Cc2nc3ccccc3[nH]2)CC1. The van der Waals surface area contributed by atoms with Crippen molar-refractivity contribution < 1.29 is 4.79 Å². The van der Waals surface area contributed by atoms with Crippen LogP contribution in [0.4, 0.5) is 0 Å². The number of piperazine rings is 1. The molecular formula is C15H18N4O. The second-order valence-corrected chi connectivity index (χ2v) is 5.01. The molecule has 5 heteroatoms. The van der Waals surface area contributed by atoms with Crippen molar-refractivity contribution in [3.63, 3.8) is 0 Å². The zero-order chi connectivity index (χ0) is 13.9. The number of carbonyl (C=O) groups excluding carboxylic acids is 1. The van der Waals surface area contributed by atoms with Crippen molar-refractivity contribution in [1.82, 2.24) is 19.8 Å². The number of nitrogens with zero attached hydrogens (tertiary/aromatic N) is 3. The molecule has 2 aromatic rings. The number of amides is 1. The first kappa shape index (κ1) is 12.9. The topological polar surface area (TPSA) is 52.2 Å². The highest BCUT2D eigenvalue weighted by molar-refractivity contribution is 5.87. The Morgan fingerprint density at radius 2 is 2.05 bits per heavy atom. The number of fused-ring (bicyclic) bond motifs is 1. The summed E-state index contributed by atoms with van der Waals surface area (Å²) in [5.74, 6) is 1.00. The Kier molecular flexibility index (Phi) is 3.52. The fourth-order valence-corrected chi connectivity index (χ4v) is 2.55. The second-order valence-electron chi connectivity index (χ2n) is 5.01. The number of carbonyl (C=O) groups is 1. The summed E-state index contributed by atoms with van der Waals surface area (Å²) in [6.07, 6.45) is 1.38. The van der Waals surface area contributed by atoms with Gasteiger partial charge in [0.25, 0.3) is 0 Å². The number of para-hydroxylation sites is 2. The quantitative estimate of drug-likeness (QED) is 0.858. The van der Waals surface area contributed by atoms with Crippen molar-refractivity contribution >= 4 is 16.9 Å². The Hall–Kier alpha value is -2.14. The van der Waals surface area contributed by atoms with Crippen LogP contribution in [-0.2, 0) is 11.3 Å². The van der Waals surface area contributed by atoms with Gasteiger partial charge in [-0.25, -0.2) is 4.98 Å². The molecule has 3 rings (SSSR count). The molecule has 0 unspecified atom stereocenters. The molecule has 0 saturated carbocycles. The second kappa shape index (κ2) is 5.46. The van der Waals surface area contributed by atoms with E-state index in [1.54, 1.807) is 0 Å². The Morgan fingerprint density at radius 1 is 1.30 bits per heavy atom. The van der Waals surface area contributed by atoms with Gasteiger partial charge in [-0.1, -0.05) is 18.7 Å². The van der Waals surface area contributed by atoms with Gasteiger partial charge in [0.15, 0.2) is 0 Å². The van der Waals surface area contributed by atoms with Crippen LogP contribution in [0.25, 0.3) is 11.0 Å². The molecule has 0 atom stereocenters. The van der Waals surface area contributed by atoms with Crippen LogP contribution in [0.15, 0.2) is 36.9 Å². The Bertz CT molecular complexity index is 593. The molecule has 0 radical (unpaired) electrons. The van der Waals surface area contributed by atoms with Gasteiger partial charge < -0.3 is 9.88 Å². The number of aromatic nitrogens is 2. The summed E-state index contributed by atoms with van der Waals surface area (Å²) in [5, 5.41) is 0. The number of hydrogen-bond acceptors (Lipinski definition) is 3. The molecule has 0 aliphatic carbocycles. The lowest BCUT2D eigenvalue weighted by Crippen LogP contribution is -2.47. The molecule has 1 saturated heterocycles. The number of aromatic amines is 1. The summed E-state index contributed by atoms with van der Waals surface area (Å²) in [7, 11) is 0. The van der Waals surface area contributed by atoms with E-state index in [1.165, 1.54) is 6.08 Å². The van der Waals surface area contributed by atoms with E-state index in [9.17, 15) is 4.79 Å². The lowest BCUT2D eigenvalue weighted by Gasteiger charge is -2.33. The first-order valence-corrected chi connectivity index (χ1v) is 6.83. The number of hydrogen-bond donors (Lipinski definition) is 1. The lowest BCUT2D eigenvalue weighted by atomic mass is 10.3. The Morgan fingerprint density at radius 3 is 2.75 bits per heavy atom. The fraction of sp³-hybridized carbons (Fsp3) is 0.333. The molecule has 1 fully saturated rings. The van der Waals surface area contributed by atoms with Gasteiger partial charge in [0, 0.05) is 26.2 Å². The van der Waals surface area contributed by atoms with Crippen molar-refractivity contribution in [3.05, 3.63) is 42.7 Å². The van der Waals surface area contributed by atoms with E-state index in [0.29, 0.717) is 0 Å². The molecule has 1 N–H and O–H groups in total. The Balaban J connectivity index is 1.62. The van der Waals surface area contributed by atoms with Gasteiger partial charge >= 0.3 is 0 Å². The van der Waals surface area contributed by atoms with Crippen LogP contribution in [0, 0.1) is 0 Å². The smallest absolute Gasteiger partial charge is 0.246 e. The molecule has 104 valence electrons. The zero-order valence-electron chi connectivity index (χ0n) is 11.4. The molecule has 1 aliphatic heterocycles. The zero-order valence-corrected chi connectivity index (χ0v) is 11.4. The lowest BCUT2D eigenvalue weighted by molar-refractivity contribution is -0.127. The van der Waals surface area contributed by atoms with Crippen LogP contribution >= 0.6 is 0 Å². The Labute approximate surface area is 117 Å². The minimum absolute atomic E-state index is 0.0217. The van der Waals surface area contributed by atoms with Crippen LogP contribution in [0.5, 0.6) is 0 Å². The molecule has 0 spiro atoms. The minimum Gasteiger partial charge on any atom is -0.341 e. The highest BCUT2D eigenvalue weighted by atomic mass is 16.2. The number of nitrogens with one attached hydrogen (secondary N) is 1. The molecule has 1 amide bonds. The van der Waals surface area contributed by atoms with Crippen LogP contribution in [0.3, 0.4) is 0 Å². The molecule has 20 heavy (non-hydrogen) atoms. The summed E-state index contributed by atoms with van der Waals surface area (Å²) in [5.41, 5.74) is 2.07. The molecule has 2 heterocycles. The van der Waals surface area contributed by atoms with Crippen LogP contribution in [-0.4, -0.2) is 51.9 Å². The number of H-pyrrole nitrogens is 1. The van der Waals surface area contributed by atoms with Gasteiger partial charge in [0.1, 0.15) is 5.82 Å². The monoisotopic (exact) mass is 270 g/mol. The maximum atomic E-state index is 11.5. The van der Waals surface area contributed by atoms with Crippen LogP contribution < -0.4 is 0 Å². The van der Waals surface area contributed by atoms with E-state index >= 15 is 0 Å². The third-order valence-corrected chi connectivity index (χ3v) is 3.67. The standard InChI is InChI=1S/C15H18N4O/c1-2-15(20)19-9-7-18(8-10-19)11-14-16-12-5-3-4-6-13(12)17-14/h2-6H,1,7-11H2,(H,16,17). The fourth-order valence-electron chi connectivity index (χ4n) is 2.55. The average molecular weight is 270 g/mol. The summed E-state index contributed by atoms with van der Waals surface area (Å²) in [6.45, 7) is 7.58. The minimum atomic E-state index is 0.0217. The summed E-state index contributed by atoms with van der Waals surface area (Å²) in [6, 6.07) is 8.04. The molecular weight excluding hydrogens is 252 g/mol. The van der Waals surface area contributed by atoms with Crippen molar-refractivity contribution in [2.45, 2.75) is 6.54 Å². The normalized spacial score (nSPS) is 16.5. The molecule has 1 aliphatic rings. The molecule has 5 nitrogen and oxygen atoms in total. The number of imidazole rings is 1. The van der Waals surface area contributed by atoms with E-state index < -0.39 is 0 Å². The molecule has 1 aromatic carbocycles.